The summed E-state index contributed by atoms with van der Waals surface area (Å²) in [5, 5.41) is 0. The predicted octanol–water partition coefficient (Wildman–Crippen LogP) is 4.22. The quantitative estimate of drug-likeness (QED) is 0.789. The van der Waals surface area contributed by atoms with E-state index in [-0.39, 0.29) is 5.91 Å². The summed E-state index contributed by atoms with van der Waals surface area (Å²) >= 11 is 1.73. The second-order valence-electron chi connectivity index (χ2n) is 7.83. The summed E-state index contributed by atoms with van der Waals surface area (Å²) in [4.78, 5) is 19.7. The third-order valence-corrected chi connectivity index (χ3v) is 6.93. The molecule has 138 valence electrons. The van der Waals surface area contributed by atoms with Gasteiger partial charge in [0.1, 0.15) is 0 Å². The van der Waals surface area contributed by atoms with Crippen molar-refractivity contribution in [2.75, 3.05) is 26.7 Å². The van der Waals surface area contributed by atoms with Gasteiger partial charge in [0.15, 0.2) is 0 Å². The molecule has 0 bridgehead atoms. The summed E-state index contributed by atoms with van der Waals surface area (Å²) in [5.74, 6) is 0.799. The number of rotatable bonds is 5. The zero-order valence-corrected chi connectivity index (χ0v) is 16.4. The highest BCUT2D eigenvalue weighted by atomic mass is 32.1. The number of benzene rings is 1. The Hall–Kier alpha value is -1.65. The summed E-state index contributed by atoms with van der Waals surface area (Å²) in [7, 11) is 1.97. The van der Waals surface area contributed by atoms with Crippen LogP contribution in [0.5, 0.6) is 0 Å². The van der Waals surface area contributed by atoms with E-state index in [1.165, 1.54) is 35.3 Å². The molecule has 1 saturated heterocycles. The number of hydrogen-bond donors (Lipinski definition) is 0. The van der Waals surface area contributed by atoms with Crippen LogP contribution in [0.4, 0.5) is 0 Å². The first-order chi connectivity index (χ1) is 12.7. The number of nitrogens with zero attached hydrogens (tertiary/aromatic N) is 2. The molecule has 0 radical (unpaired) electrons. The van der Waals surface area contributed by atoms with Gasteiger partial charge in [0, 0.05) is 31.6 Å². The van der Waals surface area contributed by atoms with Crippen molar-refractivity contribution in [3.05, 3.63) is 57.3 Å². The van der Waals surface area contributed by atoms with Gasteiger partial charge in [0.2, 0.25) is 0 Å². The topological polar surface area (TPSA) is 23.6 Å². The van der Waals surface area contributed by atoms with Crippen molar-refractivity contribution in [3.63, 3.8) is 0 Å². The molecule has 0 spiro atoms. The van der Waals surface area contributed by atoms with Crippen molar-refractivity contribution in [3.8, 4) is 0 Å². The van der Waals surface area contributed by atoms with Crippen molar-refractivity contribution in [1.29, 1.82) is 0 Å². The van der Waals surface area contributed by atoms with E-state index in [4.69, 9.17) is 0 Å². The molecule has 1 amide bonds. The van der Waals surface area contributed by atoms with Gasteiger partial charge in [-0.25, -0.2) is 0 Å². The molecule has 2 aromatic rings. The van der Waals surface area contributed by atoms with E-state index in [1.54, 1.807) is 11.3 Å². The van der Waals surface area contributed by atoms with Gasteiger partial charge >= 0.3 is 0 Å². The van der Waals surface area contributed by atoms with Crippen molar-refractivity contribution >= 4 is 17.2 Å². The summed E-state index contributed by atoms with van der Waals surface area (Å²) in [5.41, 5.74) is 2.80. The zero-order chi connectivity index (χ0) is 17.9. The fraction of sp³-hybridized carbons (Fsp3) is 0.500. The lowest BCUT2D eigenvalue weighted by molar-refractivity contribution is 0.0778. The molecule has 0 N–H and O–H groups in total. The van der Waals surface area contributed by atoms with Gasteiger partial charge in [-0.1, -0.05) is 30.3 Å². The highest BCUT2D eigenvalue weighted by Crippen LogP contribution is 2.30. The number of fused-ring (bicyclic) bond motifs is 1. The number of amides is 1. The Kier molecular flexibility index (Phi) is 5.41. The van der Waals surface area contributed by atoms with Crippen LogP contribution in [0.25, 0.3) is 0 Å². The highest BCUT2D eigenvalue weighted by Gasteiger charge is 2.26. The molecule has 26 heavy (non-hydrogen) atoms. The van der Waals surface area contributed by atoms with Crippen LogP contribution < -0.4 is 0 Å². The van der Waals surface area contributed by atoms with Crippen LogP contribution in [0.2, 0.25) is 0 Å². The number of hydrogen-bond acceptors (Lipinski definition) is 3. The molecule has 4 heteroatoms. The Bertz CT molecular complexity index is 731. The van der Waals surface area contributed by atoms with Gasteiger partial charge < -0.3 is 4.90 Å². The van der Waals surface area contributed by atoms with Gasteiger partial charge in [0.05, 0.1) is 4.88 Å². The minimum Gasteiger partial charge on any atom is -0.341 e. The van der Waals surface area contributed by atoms with Gasteiger partial charge in [-0.2, -0.15) is 0 Å². The molecular weight excluding hydrogens is 340 g/mol. The molecule has 1 aliphatic heterocycles. The van der Waals surface area contributed by atoms with Gasteiger partial charge in [0.25, 0.3) is 5.91 Å². The molecule has 2 heterocycles. The van der Waals surface area contributed by atoms with Crippen LogP contribution in [0.3, 0.4) is 0 Å². The molecule has 0 unspecified atom stereocenters. The normalized spacial score (nSPS) is 20.1. The van der Waals surface area contributed by atoms with E-state index >= 15 is 0 Å². The summed E-state index contributed by atoms with van der Waals surface area (Å²) in [6, 6.07) is 12.8. The second kappa shape index (κ2) is 7.93. The third-order valence-electron chi connectivity index (χ3n) is 5.71. The first-order valence-electron chi connectivity index (χ1n) is 9.82. The van der Waals surface area contributed by atoms with E-state index in [0.29, 0.717) is 5.92 Å². The molecule has 3 nitrogen and oxygen atoms in total. The molecule has 2 aliphatic rings. The maximum absolute atomic E-state index is 12.8. The van der Waals surface area contributed by atoms with Crippen molar-refractivity contribution in [2.45, 2.75) is 38.6 Å². The Morgan fingerprint density at radius 2 is 2.04 bits per heavy atom. The van der Waals surface area contributed by atoms with Crippen molar-refractivity contribution in [2.24, 2.45) is 5.92 Å². The number of aryl methyl sites for hydroxylation is 2. The fourth-order valence-electron chi connectivity index (χ4n) is 4.30. The average Bonchev–Trinajstić information content (AvgIpc) is 3.28. The molecule has 1 fully saturated rings. The van der Waals surface area contributed by atoms with Gasteiger partial charge in [-0.15, -0.1) is 11.3 Å². The fourth-order valence-corrected chi connectivity index (χ4v) is 5.55. The van der Waals surface area contributed by atoms with Crippen LogP contribution in [0.1, 0.15) is 44.9 Å². The van der Waals surface area contributed by atoms with E-state index < -0.39 is 0 Å². The lowest BCUT2D eigenvalue weighted by Crippen LogP contribution is -2.32. The highest BCUT2D eigenvalue weighted by molar-refractivity contribution is 7.14. The van der Waals surface area contributed by atoms with Crippen LogP contribution in [-0.2, 0) is 19.4 Å². The Labute approximate surface area is 160 Å². The molecular formula is C22H28N2OS. The number of likely N-dealkylation sites (tertiary alicyclic amines) is 1. The number of carbonyl (C=O) groups is 1. The Balaban J connectivity index is 1.31. The molecule has 1 aliphatic carbocycles. The predicted molar refractivity (Wildman–Crippen MR) is 108 cm³/mol. The molecule has 1 aromatic heterocycles. The first kappa shape index (κ1) is 17.7. The second-order valence-corrected chi connectivity index (χ2v) is 8.96. The molecule has 0 saturated carbocycles. The average molecular weight is 369 g/mol. The number of thiophene rings is 1. The van der Waals surface area contributed by atoms with Crippen LogP contribution in [0.15, 0.2) is 36.4 Å². The van der Waals surface area contributed by atoms with Crippen LogP contribution in [0, 0.1) is 5.92 Å². The Morgan fingerprint density at radius 1 is 1.23 bits per heavy atom. The molecule has 1 aromatic carbocycles. The lowest BCUT2D eigenvalue weighted by atomic mass is 9.99. The number of carbonyl (C=O) groups excluding carboxylic acids is 1. The van der Waals surface area contributed by atoms with Gasteiger partial charge in [-0.3, -0.25) is 9.69 Å². The summed E-state index contributed by atoms with van der Waals surface area (Å²) in [6.45, 7) is 4.11. The van der Waals surface area contributed by atoms with Crippen molar-refractivity contribution < 1.29 is 4.79 Å². The largest absolute Gasteiger partial charge is 0.341 e. The van der Waals surface area contributed by atoms with Crippen molar-refractivity contribution in [1.82, 2.24) is 9.80 Å². The minimum atomic E-state index is 0.214. The van der Waals surface area contributed by atoms with E-state index in [1.807, 2.05) is 11.9 Å². The maximum Gasteiger partial charge on any atom is 0.263 e. The SMILES string of the molecule is CN(C[C@@H]1CCN(Cc2ccccc2)C1)C(=O)c1cc2c(s1)CCCC2. The van der Waals surface area contributed by atoms with Gasteiger partial charge in [-0.05, 0) is 61.8 Å². The van der Waals surface area contributed by atoms with E-state index in [9.17, 15) is 4.79 Å². The summed E-state index contributed by atoms with van der Waals surface area (Å²) in [6.07, 6.45) is 6.04. The molecule has 1 atom stereocenters. The third kappa shape index (κ3) is 4.02. The van der Waals surface area contributed by atoms with E-state index in [0.717, 1.165) is 43.9 Å². The monoisotopic (exact) mass is 368 g/mol. The standard InChI is InChI=1S/C22H28N2OS/c1-23(22(25)21-13-19-9-5-6-10-20(19)26-21)14-18-11-12-24(16-18)15-17-7-3-2-4-8-17/h2-4,7-8,13,18H,5-6,9-12,14-16H2,1H3/t18-/m0/s1. The maximum atomic E-state index is 12.8. The van der Waals surface area contributed by atoms with Crippen LogP contribution >= 0.6 is 11.3 Å². The van der Waals surface area contributed by atoms with Crippen LogP contribution in [-0.4, -0.2) is 42.4 Å². The molecule has 4 rings (SSSR count). The Morgan fingerprint density at radius 3 is 2.85 bits per heavy atom. The summed E-state index contributed by atoms with van der Waals surface area (Å²) < 4.78 is 0. The lowest BCUT2D eigenvalue weighted by Gasteiger charge is -2.21. The van der Waals surface area contributed by atoms with E-state index in [2.05, 4.69) is 41.3 Å². The zero-order valence-electron chi connectivity index (χ0n) is 15.6. The first-order valence-corrected chi connectivity index (χ1v) is 10.6. The minimum absolute atomic E-state index is 0.214. The smallest absolute Gasteiger partial charge is 0.263 e.